The largest absolute Gasteiger partial charge is 0.496 e. The third-order valence-corrected chi connectivity index (χ3v) is 3.86. The minimum absolute atomic E-state index is 0.423. The number of halogens is 2. The molecule has 1 N–H and O–H groups in total. The Balaban J connectivity index is 2.56. The van der Waals surface area contributed by atoms with Gasteiger partial charge in [0.05, 0.1) is 17.2 Å². The number of methoxy groups -OCH3 is 1. The van der Waals surface area contributed by atoms with Crippen molar-refractivity contribution in [3.63, 3.8) is 0 Å². The van der Waals surface area contributed by atoms with Crippen molar-refractivity contribution in [2.45, 2.75) is 19.3 Å². The maximum Gasteiger partial charge on any atom is 0.127 e. The van der Waals surface area contributed by atoms with Crippen molar-refractivity contribution in [3.05, 3.63) is 27.2 Å². The van der Waals surface area contributed by atoms with E-state index < -0.39 is 0 Å². The van der Waals surface area contributed by atoms with Gasteiger partial charge in [-0.1, -0.05) is 30.1 Å². The topological polar surface area (TPSA) is 21.3 Å². The Morgan fingerprint density at radius 2 is 2.12 bits per heavy atom. The maximum atomic E-state index is 6.27. The Bertz CT molecular complexity index is 402. The van der Waals surface area contributed by atoms with Crippen molar-refractivity contribution in [2.75, 3.05) is 20.2 Å². The summed E-state index contributed by atoms with van der Waals surface area (Å²) in [5.74, 6) is 1.33. The number of hydrogen-bond acceptors (Lipinski definition) is 2. The molecule has 4 heteroatoms. The molecule has 1 aromatic carbocycles. The first-order valence-corrected chi connectivity index (χ1v) is 6.20. The molecule has 2 rings (SSSR count). The Hall–Kier alpha value is -0.440. The Labute approximate surface area is 106 Å². The predicted molar refractivity (Wildman–Crippen MR) is 68.0 cm³/mol. The lowest BCUT2D eigenvalue weighted by atomic mass is 9.90. The van der Waals surface area contributed by atoms with Gasteiger partial charge in [0.1, 0.15) is 5.75 Å². The average Bonchev–Trinajstić information content (AvgIpc) is 2.21. The van der Waals surface area contributed by atoms with Crippen LogP contribution in [0.15, 0.2) is 6.07 Å². The van der Waals surface area contributed by atoms with E-state index in [0.717, 1.165) is 36.4 Å². The Morgan fingerprint density at radius 3 is 2.56 bits per heavy atom. The molecule has 1 aliphatic rings. The van der Waals surface area contributed by atoms with Gasteiger partial charge in [0.25, 0.3) is 0 Å². The summed E-state index contributed by atoms with van der Waals surface area (Å²) in [5.41, 5.74) is 2.19. The molecule has 0 spiro atoms. The van der Waals surface area contributed by atoms with Crippen molar-refractivity contribution in [1.29, 1.82) is 0 Å². The van der Waals surface area contributed by atoms with E-state index in [1.165, 1.54) is 0 Å². The number of hydrogen-bond donors (Lipinski definition) is 1. The third kappa shape index (κ3) is 1.90. The highest BCUT2D eigenvalue weighted by Crippen LogP contribution is 2.42. The summed E-state index contributed by atoms with van der Waals surface area (Å²) in [5, 5.41) is 4.50. The van der Waals surface area contributed by atoms with E-state index in [1.54, 1.807) is 7.11 Å². The van der Waals surface area contributed by atoms with Gasteiger partial charge in [0.2, 0.25) is 0 Å². The van der Waals surface area contributed by atoms with E-state index in [2.05, 4.69) is 12.2 Å². The van der Waals surface area contributed by atoms with Gasteiger partial charge in [-0.2, -0.15) is 0 Å². The maximum absolute atomic E-state index is 6.27. The molecule has 1 heterocycles. The number of aryl methyl sites for hydroxylation is 1. The van der Waals surface area contributed by atoms with Crippen molar-refractivity contribution < 1.29 is 4.74 Å². The molecule has 0 unspecified atom stereocenters. The highest BCUT2D eigenvalue weighted by atomic mass is 35.5. The standard InChI is InChI=1S/C12H15Cl2NO/c1-3-7-4-9(13)11(14)10(12(7)16-2)8-5-15-6-8/h4,8,15H,3,5-6H2,1-2H3. The molecule has 16 heavy (non-hydrogen) atoms. The summed E-state index contributed by atoms with van der Waals surface area (Å²) in [7, 11) is 1.69. The summed E-state index contributed by atoms with van der Waals surface area (Å²) in [6.07, 6.45) is 0.896. The highest BCUT2D eigenvalue weighted by molar-refractivity contribution is 6.42. The van der Waals surface area contributed by atoms with Gasteiger partial charge >= 0.3 is 0 Å². The summed E-state index contributed by atoms with van der Waals surface area (Å²) in [6, 6.07) is 1.90. The van der Waals surface area contributed by atoms with Gasteiger partial charge in [-0.3, -0.25) is 0 Å². The molecule has 0 aromatic heterocycles. The fourth-order valence-corrected chi connectivity index (χ4v) is 2.57. The van der Waals surface area contributed by atoms with Crippen molar-refractivity contribution >= 4 is 23.2 Å². The van der Waals surface area contributed by atoms with E-state index in [4.69, 9.17) is 27.9 Å². The molecule has 0 atom stereocenters. The van der Waals surface area contributed by atoms with Crippen LogP contribution in [0.4, 0.5) is 0 Å². The van der Waals surface area contributed by atoms with Crippen molar-refractivity contribution in [2.24, 2.45) is 0 Å². The SMILES string of the molecule is CCc1cc(Cl)c(Cl)c(C2CNC2)c1OC. The molecule has 0 saturated carbocycles. The van der Waals surface area contributed by atoms with Gasteiger partial charge < -0.3 is 10.1 Å². The molecule has 2 nitrogen and oxygen atoms in total. The molecule has 0 radical (unpaired) electrons. The monoisotopic (exact) mass is 259 g/mol. The van der Waals surface area contributed by atoms with Crippen LogP contribution < -0.4 is 10.1 Å². The lowest BCUT2D eigenvalue weighted by molar-refractivity contribution is 0.382. The van der Waals surface area contributed by atoms with Crippen LogP contribution in [0.25, 0.3) is 0 Å². The predicted octanol–water partition coefficient (Wildman–Crippen LogP) is 3.25. The first-order chi connectivity index (χ1) is 7.69. The van der Waals surface area contributed by atoms with Gasteiger partial charge in [0.15, 0.2) is 0 Å². The summed E-state index contributed by atoms with van der Waals surface area (Å²) < 4.78 is 5.49. The van der Waals surface area contributed by atoms with Gasteiger partial charge in [-0.05, 0) is 18.1 Å². The number of nitrogens with one attached hydrogen (secondary N) is 1. The zero-order valence-corrected chi connectivity index (χ0v) is 11.0. The van der Waals surface area contributed by atoms with Crippen LogP contribution >= 0.6 is 23.2 Å². The van der Waals surface area contributed by atoms with Crippen LogP contribution in [0.1, 0.15) is 24.0 Å². The second-order valence-electron chi connectivity index (χ2n) is 3.99. The Morgan fingerprint density at radius 1 is 1.44 bits per heavy atom. The van der Waals surface area contributed by atoms with Crippen molar-refractivity contribution in [1.82, 2.24) is 5.32 Å². The highest BCUT2D eigenvalue weighted by Gasteiger charge is 2.27. The van der Waals surface area contributed by atoms with Gasteiger partial charge in [-0.15, -0.1) is 0 Å². The van der Waals surface area contributed by atoms with E-state index >= 15 is 0 Å². The van der Waals surface area contributed by atoms with Crippen LogP contribution in [0, 0.1) is 0 Å². The van der Waals surface area contributed by atoms with Gasteiger partial charge in [0, 0.05) is 24.6 Å². The van der Waals surface area contributed by atoms with Crippen molar-refractivity contribution in [3.8, 4) is 5.75 Å². The van der Waals surface area contributed by atoms with E-state index in [9.17, 15) is 0 Å². The third-order valence-electron chi connectivity index (χ3n) is 3.06. The van der Waals surface area contributed by atoms with E-state index in [0.29, 0.717) is 16.0 Å². The average molecular weight is 260 g/mol. The first-order valence-electron chi connectivity index (χ1n) is 5.44. The summed E-state index contributed by atoms with van der Waals surface area (Å²) in [4.78, 5) is 0. The molecule has 1 fully saturated rings. The fraction of sp³-hybridized carbons (Fsp3) is 0.500. The summed E-state index contributed by atoms with van der Waals surface area (Å²) in [6.45, 7) is 3.98. The van der Waals surface area contributed by atoms with E-state index in [1.807, 2.05) is 6.07 Å². The number of benzene rings is 1. The smallest absolute Gasteiger partial charge is 0.127 e. The Kier molecular flexibility index (Phi) is 3.63. The van der Waals surface area contributed by atoms with Crippen LogP contribution in [0.3, 0.4) is 0 Å². The zero-order chi connectivity index (χ0) is 11.7. The molecular weight excluding hydrogens is 245 g/mol. The van der Waals surface area contributed by atoms with Crippen LogP contribution in [-0.4, -0.2) is 20.2 Å². The second kappa shape index (κ2) is 4.82. The minimum Gasteiger partial charge on any atom is -0.496 e. The fourth-order valence-electron chi connectivity index (χ4n) is 2.04. The van der Waals surface area contributed by atoms with E-state index in [-0.39, 0.29) is 0 Å². The lowest BCUT2D eigenvalue weighted by Crippen LogP contribution is -2.40. The molecule has 0 amide bonds. The molecular formula is C12H15Cl2NO. The number of ether oxygens (including phenoxy) is 1. The lowest BCUT2D eigenvalue weighted by Gasteiger charge is -2.30. The summed E-state index contributed by atoms with van der Waals surface area (Å²) >= 11 is 12.4. The minimum atomic E-state index is 0.423. The van der Waals surface area contributed by atoms with Crippen LogP contribution in [0.2, 0.25) is 10.0 Å². The molecule has 1 aliphatic heterocycles. The normalized spacial score (nSPS) is 16.0. The van der Waals surface area contributed by atoms with Crippen LogP contribution in [-0.2, 0) is 6.42 Å². The number of rotatable bonds is 3. The van der Waals surface area contributed by atoms with Crippen LogP contribution in [0.5, 0.6) is 5.75 Å². The molecule has 88 valence electrons. The molecule has 0 bridgehead atoms. The molecule has 1 saturated heterocycles. The molecule has 0 aliphatic carbocycles. The molecule has 1 aromatic rings. The quantitative estimate of drug-likeness (QED) is 0.900. The van der Waals surface area contributed by atoms with Gasteiger partial charge in [-0.25, -0.2) is 0 Å². The second-order valence-corrected chi connectivity index (χ2v) is 4.77. The zero-order valence-electron chi connectivity index (χ0n) is 9.44. The first kappa shape index (κ1) is 12.0.